The molecule has 0 aliphatic carbocycles. The molecule has 94 valence electrons. The number of aromatic hydroxyl groups is 1. The molecule has 0 saturated carbocycles. The molecule has 1 aliphatic rings. The fraction of sp³-hybridized carbons (Fsp3) is 0.308. The minimum absolute atomic E-state index is 0.113. The molecule has 0 bridgehead atoms. The highest BCUT2D eigenvalue weighted by atomic mass is 16.3. The van der Waals surface area contributed by atoms with E-state index in [9.17, 15) is 14.4 Å². The van der Waals surface area contributed by atoms with Gasteiger partial charge in [0, 0.05) is 19.3 Å². The number of aryl methyl sites for hydroxylation is 1. The van der Waals surface area contributed by atoms with E-state index < -0.39 is 17.7 Å². The first kappa shape index (κ1) is 12.3. The summed E-state index contributed by atoms with van der Waals surface area (Å²) in [6, 6.07) is 6.48. The fourth-order valence-electron chi connectivity index (χ4n) is 1.88. The Kier molecular flexibility index (Phi) is 3.41. The summed E-state index contributed by atoms with van der Waals surface area (Å²) < 4.78 is 0. The third kappa shape index (κ3) is 2.56. The van der Waals surface area contributed by atoms with Crippen LogP contribution in [0.15, 0.2) is 24.3 Å². The number of nitrogens with zero attached hydrogens (tertiary/aromatic N) is 1. The molecule has 0 unspecified atom stereocenters. The van der Waals surface area contributed by atoms with Crippen molar-refractivity contribution >= 4 is 17.7 Å². The maximum atomic E-state index is 11.7. The van der Waals surface area contributed by atoms with Crippen LogP contribution in [0.1, 0.15) is 24.8 Å². The number of carbonyl (C=O) groups is 3. The van der Waals surface area contributed by atoms with Gasteiger partial charge in [-0.25, -0.2) is 4.90 Å². The first-order valence-corrected chi connectivity index (χ1v) is 5.74. The number of hydrogen-bond acceptors (Lipinski definition) is 4. The zero-order valence-corrected chi connectivity index (χ0v) is 9.76. The Hall–Kier alpha value is -2.17. The van der Waals surface area contributed by atoms with Crippen LogP contribution < -0.4 is 0 Å². The van der Waals surface area contributed by atoms with E-state index in [4.69, 9.17) is 5.11 Å². The molecular formula is C13H13NO4. The van der Waals surface area contributed by atoms with Gasteiger partial charge >= 0.3 is 0 Å². The van der Waals surface area contributed by atoms with Crippen LogP contribution in [0.25, 0.3) is 0 Å². The van der Waals surface area contributed by atoms with Crippen LogP contribution >= 0.6 is 0 Å². The average Bonchev–Trinajstić information content (AvgIpc) is 2.68. The van der Waals surface area contributed by atoms with Gasteiger partial charge in [-0.15, -0.1) is 0 Å². The van der Waals surface area contributed by atoms with E-state index >= 15 is 0 Å². The van der Waals surface area contributed by atoms with Crippen molar-refractivity contribution in [2.24, 2.45) is 0 Å². The van der Waals surface area contributed by atoms with Crippen molar-refractivity contribution in [3.05, 3.63) is 29.8 Å². The van der Waals surface area contributed by atoms with Gasteiger partial charge in [-0.3, -0.25) is 14.4 Å². The van der Waals surface area contributed by atoms with Crippen LogP contribution in [0.4, 0.5) is 0 Å². The van der Waals surface area contributed by atoms with Gasteiger partial charge in [0.2, 0.25) is 17.7 Å². The summed E-state index contributed by atoms with van der Waals surface area (Å²) in [6.07, 6.45) is 0.812. The zero-order valence-electron chi connectivity index (χ0n) is 9.76. The molecule has 0 radical (unpaired) electrons. The van der Waals surface area contributed by atoms with Gasteiger partial charge in [-0.05, 0) is 24.1 Å². The number of phenolic OH excluding ortho intramolecular Hbond substituents is 1. The quantitative estimate of drug-likeness (QED) is 0.808. The fourth-order valence-corrected chi connectivity index (χ4v) is 1.88. The second-order valence-electron chi connectivity index (χ2n) is 4.18. The molecule has 0 spiro atoms. The normalized spacial score (nSPS) is 15.2. The van der Waals surface area contributed by atoms with Crippen LogP contribution in [0.3, 0.4) is 0 Å². The van der Waals surface area contributed by atoms with Crippen molar-refractivity contribution in [1.29, 1.82) is 0 Å². The Morgan fingerprint density at radius 2 is 1.67 bits per heavy atom. The van der Waals surface area contributed by atoms with E-state index in [1.54, 1.807) is 12.1 Å². The monoisotopic (exact) mass is 247 g/mol. The lowest BCUT2D eigenvalue weighted by molar-refractivity contribution is -0.149. The smallest absolute Gasteiger partial charge is 0.236 e. The Labute approximate surface area is 104 Å². The highest BCUT2D eigenvalue weighted by Crippen LogP contribution is 2.15. The van der Waals surface area contributed by atoms with Crippen molar-refractivity contribution < 1.29 is 19.5 Å². The first-order chi connectivity index (χ1) is 8.58. The number of likely N-dealkylation sites (tertiary alicyclic amines) is 1. The lowest BCUT2D eigenvalue weighted by Crippen LogP contribution is -2.35. The molecule has 1 N–H and O–H groups in total. The van der Waals surface area contributed by atoms with Gasteiger partial charge in [0.05, 0.1) is 0 Å². The molecule has 1 aromatic carbocycles. The molecule has 0 atom stereocenters. The minimum Gasteiger partial charge on any atom is -0.508 e. The van der Waals surface area contributed by atoms with Gasteiger partial charge in [0.25, 0.3) is 0 Å². The zero-order chi connectivity index (χ0) is 13.1. The Morgan fingerprint density at radius 3 is 2.22 bits per heavy atom. The van der Waals surface area contributed by atoms with E-state index in [0.29, 0.717) is 6.42 Å². The average molecular weight is 247 g/mol. The number of benzene rings is 1. The first-order valence-electron chi connectivity index (χ1n) is 5.74. The van der Waals surface area contributed by atoms with Crippen LogP contribution in [0.2, 0.25) is 0 Å². The molecule has 5 heteroatoms. The molecule has 3 amide bonds. The third-order valence-electron chi connectivity index (χ3n) is 2.86. The molecule has 1 aromatic rings. The van der Waals surface area contributed by atoms with Crippen molar-refractivity contribution in [1.82, 2.24) is 4.90 Å². The van der Waals surface area contributed by atoms with E-state index in [1.165, 1.54) is 12.1 Å². The Bertz CT molecular complexity index is 476. The summed E-state index contributed by atoms with van der Waals surface area (Å²) in [5, 5.41) is 9.11. The predicted octanol–water partition coefficient (Wildman–Crippen LogP) is 1.00. The maximum Gasteiger partial charge on any atom is 0.236 e. The molecule has 1 aliphatic heterocycles. The van der Waals surface area contributed by atoms with E-state index in [2.05, 4.69) is 0 Å². The molecule has 0 aromatic heterocycles. The largest absolute Gasteiger partial charge is 0.508 e. The van der Waals surface area contributed by atoms with Crippen LogP contribution in [-0.4, -0.2) is 27.7 Å². The lowest BCUT2D eigenvalue weighted by Gasteiger charge is -2.11. The number of amides is 3. The second kappa shape index (κ2) is 5.00. The van der Waals surface area contributed by atoms with Crippen LogP contribution in [0.5, 0.6) is 5.75 Å². The number of phenols is 1. The molecule has 2 rings (SSSR count). The summed E-state index contributed by atoms with van der Waals surface area (Å²) >= 11 is 0. The molecule has 5 nitrogen and oxygen atoms in total. The summed E-state index contributed by atoms with van der Waals surface area (Å²) in [5.74, 6) is -1.10. The lowest BCUT2D eigenvalue weighted by atomic mass is 10.1. The summed E-state index contributed by atoms with van der Waals surface area (Å²) in [4.78, 5) is 35.2. The second-order valence-corrected chi connectivity index (χ2v) is 4.18. The molecule has 1 saturated heterocycles. The van der Waals surface area contributed by atoms with Crippen LogP contribution in [-0.2, 0) is 20.8 Å². The third-order valence-corrected chi connectivity index (χ3v) is 2.86. The highest BCUT2D eigenvalue weighted by Gasteiger charge is 2.33. The summed E-state index contributed by atoms with van der Waals surface area (Å²) in [5.41, 5.74) is 0.875. The summed E-state index contributed by atoms with van der Waals surface area (Å²) in [6.45, 7) is 0. The molecule has 1 heterocycles. The topological polar surface area (TPSA) is 74.7 Å². The van der Waals surface area contributed by atoms with Crippen molar-refractivity contribution in [3.8, 4) is 5.75 Å². The molecule has 18 heavy (non-hydrogen) atoms. The van der Waals surface area contributed by atoms with Crippen molar-refractivity contribution in [2.75, 3.05) is 0 Å². The molecular weight excluding hydrogens is 234 g/mol. The van der Waals surface area contributed by atoms with Crippen molar-refractivity contribution in [2.45, 2.75) is 25.7 Å². The number of imide groups is 3. The number of carbonyl (C=O) groups excluding carboxylic acids is 3. The van der Waals surface area contributed by atoms with Gasteiger partial charge in [0.1, 0.15) is 5.75 Å². The Balaban J connectivity index is 1.94. The van der Waals surface area contributed by atoms with Gasteiger partial charge in [-0.1, -0.05) is 12.1 Å². The van der Waals surface area contributed by atoms with Gasteiger partial charge in [-0.2, -0.15) is 0 Å². The van der Waals surface area contributed by atoms with Crippen LogP contribution in [0, 0.1) is 0 Å². The SMILES string of the molecule is O=C1CCC(=O)N1C(=O)CCc1ccc(O)cc1. The van der Waals surface area contributed by atoms with Crippen molar-refractivity contribution in [3.63, 3.8) is 0 Å². The number of hydrogen-bond donors (Lipinski definition) is 1. The number of rotatable bonds is 3. The minimum atomic E-state index is -0.449. The van der Waals surface area contributed by atoms with E-state index in [0.717, 1.165) is 10.5 Å². The van der Waals surface area contributed by atoms with E-state index in [-0.39, 0.29) is 25.0 Å². The van der Waals surface area contributed by atoms with Gasteiger partial charge < -0.3 is 5.11 Å². The summed E-state index contributed by atoms with van der Waals surface area (Å²) in [7, 11) is 0. The predicted molar refractivity (Wildman–Crippen MR) is 62.5 cm³/mol. The van der Waals surface area contributed by atoms with E-state index in [1.807, 2.05) is 0 Å². The molecule has 1 fully saturated rings. The maximum absolute atomic E-state index is 11.7. The highest BCUT2D eigenvalue weighted by molar-refractivity contribution is 6.15. The standard InChI is InChI=1S/C13H13NO4/c15-10-4-1-9(2-5-10)3-6-11(16)14-12(17)7-8-13(14)18/h1-2,4-5,15H,3,6-8H2. The Morgan fingerprint density at radius 1 is 1.11 bits per heavy atom. The van der Waals surface area contributed by atoms with Gasteiger partial charge in [0.15, 0.2) is 0 Å².